The molecule has 1 aliphatic carbocycles. The molecule has 2 aliphatic heterocycles. The largest absolute Gasteiger partial charge is 0.498 e. The molecule has 12 nitrogen and oxygen atoms in total. The first-order valence-corrected chi connectivity index (χ1v) is 15.4. The highest BCUT2D eigenvalue weighted by atomic mass is 16.7. The number of rotatable bonds is 6. The lowest BCUT2D eigenvalue weighted by atomic mass is 9.82. The highest BCUT2D eigenvalue weighted by molar-refractivity contribution is 6.62. The summed E-state index contributed by atoms with van der Waals surface area (Å²) in [6.07, 6.45) is 11.9. The number of carbonyl (C=O) groups is 1. The van der Waals surface area contributed by atoms with Crippen molar-refractivity contribution in [1.29, 1.82) is 5.26 Å². The van der Waals surface area contributed by atoms with Gasteiger partial charge in [-0.25, -0.2) is 9.97 Å². The molecule has 0 radical (unpaired) electrons. The summed E-state index contributed by atoms with van der Waals surface area (Å²) in [6, 6.07) is 2.30. The zero-order valence-electron chi connectivity index (χ0n) is 27.2. The van der Waals surface area contributed by atoms with Crippen molar-refractivity contribution in [2.75, 3.05) is 24.5 Å². The van der Waals surface area contributed by atoms with Gasteiger partial charge < -0.3 is 19.1 Å². The Morgan fingerprint density at radius 2 is 1.70 bits per heavy atom. The fourth-order valence-corrected chi connectivity index (χ4v) is 5.56. The van der Waals surface area contributed by atoms with Gasteiger partial charge in [-0.3, -0.25) is 14.2 Å². The summed E-state index contributed by atoms with van der Waals surface area (Å²) in [7, 11) is 3.41. The van der Waals surface area contributed by atoms with Gasteiger partial charge in [0.15, 0.2) is 5.69 Å². The average molecular weight is 602 g/mol. The van der Waals surface area contributed by atoms with Crippen LogP contribution in [0.2, 0.25) is 0 Å². The predicted octanol–water partition coefficient (Wildman–Crippen LogP) is 2.94. The van der Waals surface area contributed by atoms with Gasteiger partial charge in [0.1, 0.15) is 17.6 Å². The molecular formula is C31H44BN9O3. The Morgan fingerprint density at radius 1 is 1.05 bits per heavy atom. The number of anilines is 1. The second-order valence-corrected chi connectivity index (χ2v) is 13.5. The van der Waals surface area contributed by atoms with E-state index in [1.165, 1.54) is 0 Å². The second-order valence-electron chi connectivity index (χ2n) is 13.5. The van der Waals surface area contributed by atoms with Gasteiger partial charge >= 0.3 is 7.12 Å². The molecule has 1 atom stereocenters. The van der Waals surface area contributed by atoms with E-state index in [9.17, 15) is 10.1 Å². The SMILES string of the molecule is CC(C)C[C@@H]1CN(c2cnc(C#N)c(-c3cnn(C)c3)n2)CCN1C(=O)C1CC1.Cn1cc(B2OC(C)(C)C(C)(C)O2)cn1. The molecule has 0 aromatic carbocycles. The van der Waals surface area contributed by atoms with Crippen molar-refractivity contribution >= 4 is 24.3 Å². The predicted molar refractivity (Wildman–Crippen MR) is 168 cm³/mol. The van der Waals surface area contributed by atoms with Crippen molar-refractivity contribution in [3.05, 3.63) is 36.7 Å². The molecule has 44 heavy (non-hydrogen) atoms. The van der Waals surface area contributed by atoms with E-state index in [1.54, 1.807) is 28.0 Å². The van der Waals surface area contributed by atoms with E-state index in [4.69, 9.17) is 14.3 Å². The first kappa shape index (κ1) is 31.7. The van der Waals surface area contributed by atoms with E-state index < -0.39 is 0 Å². The van der Waals surface area contributed by atoms with Crippen molar-refractivity contribution in [1.82, 2.24) is 34.4 Å². The number of aryl methyl sites for hydroxylation is 2. The minimum atomic E-state index is -0.302. The van der Waals surface area contributed by atoms with Gasteiger partial charge in [-0.2, -0.15) is 15.5 Å². The smallest absolute Gasteiger partial charge is 0.399 e. The number of nitrogens with zero attached hydrogens (tertiary/aromatic N) is 9. The number of nitriles is 1. The summed E-state index contributed by atoms with van der Waals surface area (Å²) in [6.45, 7) is 14.7. The normalized spacial score (nSPS) is 20.8. The van der Waals surface area contributed by atoms with Crippen molar-refractivity contribution in [2.24, 2.45) is 25.9 Å². The molecule has 0 N–H and O–H groups in total. The van der Waals surface area contributed by atoms with E-state index >= 15 is 0 Å². The Morgan fingerprint density at radius 3 is 2.25 bits per heavy atom. The third kappa shape index (κ3) is 6.81. The quantitative estimate of drug-likeness (QED) is 0.392. The van der Waals surface area contributed by atoms with Crippen LogP contribution in [0.3, 0.4) is 0 Å². The molecule has 1 amide bonds. The van der Waals surface area contributed by atoms with Gasteiger partial charge in [-0.1, -0.05) is 13.8 Å². The van der Waals surface area contributed by atoms with Crippen LogP contribution in [0.1, 0.15) is 66.5 Å². The van der Waals surface area contributed by atoms with Crippen molar-refractivity contribution in [2.45, 2.75) is 78.0 Å². The standard InChI is InChI=1S/C21H27N7O.C10H17BN2O2/c1-14(2)8-17-13-27(6-7-28(17)21(29)15-4-5-15)19-11-23-18(9-22)20(25-19)16-10-24-26(3)12-16;1-9(2)10(3,4)15-11(14-9)8-6-12-13(5)7-8/h10-12,14-15,17H,4-8,13H2,1-3H3;6-7H,1-5H3/t17-;/m1./s1. The minimum Gasteiger partial charge on any atom is -0.399 e. The number of amides is 1. The summed E-state index contributed by atoms with van der Waals surface area (Å²) in [5.41, 5.74) is 2.02. The van der Waals surface area contributed by atoms with E-state index in [0.717, 1.165) is 49.2 Å². The number of piperazine rings is 1. The van der Waals surface area contributed by atoms with Crippen molar-refractivity contribution < 1.29 is 14.1 Å². The molecule has 5 heterocycles. The van der Waals surface area contributed by atoms with Gasteiger partial charge in [0.25, 0.3) is 0 Å². The maximum absolute atomic E-state index is 12.8. The molecule has 0 spiro atoms. The van der Waals surface area contributed by atoms with Gasteiger partial charge in [0.05, 0.1) is 23.6 Å². The topological polar surface area (TPSA) is 127 Å². The molecule has 0 bridgehead atoms. The molecule has 6 rings (SSSR count). The van der Waals surface area contributed by atoms with Crippen LogP contribution < -0.4 is 10.4 Å². The molecule has 3 aliphatic rings. The van der Waals surface area contributed by atoms with Crippen LogP contribution in [-0.2, 0) is 28.2 Å². The molecule has 234 valence electrons. The van der Waals surface area contributed by atoms with Gasteiger partial charge in [0, 0.05) is 75.3 Å². The lowest BCUT2D eigenvalue weighted by Gasteiger charge is -2.42. The average Bonchev–Trinajstić information content (AvgIpc) is 3.51. The lowest BCUT2D eigenvalue weighted by molar-refractivity contribution is -0.135. The highest BCUT2D eigenvalue weighted by Gasteiger charge is 2.52. The Kier molecular flexibility index (Phi) is 8.87. The molecule has 3 aromatic rings. The zero-order valence-corrected chi connectivity index (χ0v) is 27.2. The van der Waals surface area contributed by atoms with Gasteiger partial charge in [-0.15, -0.1) is 0 Å². The van der Waals surface area contributed by atoms with E-state index in [1.807, 2.05) is 54.2 Å². The molecule has 3 aromatic heterocycles. The molecule has 1 saturated carbocycles. The summed E-state index contributed by atoms with van der Waals surface area (Å²) >= 11 is 0. The summed E-state index contributed by atoms with van der Waals surface area (Å²) < 4.78 is 15.2. The first-order valence-electron chi connectivity index (χ1n) is 15.4. The highest BCUT2D eigenvalue weighted by Crippen LogP contribution is 2.36. The number of hydrogen-bond acceptors (Lipinski definition) is 9. The molecular weight excluding hydrogens is 557 g/mol. The fraction of sp³-hybridized carbons (Fsp3) is 0.613. The second kappa shape index (κ2) is 12.3. The Balaban J connectivity index is 0.000000215. The zero-order chi connectivity index (χ0) is 31.8. The van der Waals surface area contributed by atoms with E-state index in [-0.39, 0.29) is 30.3 Å². The maximum atomic E-state index is 12.8. The molecule has 13 heteroatoms. The Hall–Kier alpha value is -3.76. The van der Waals surface area contributed by atoms with E-state index in [0.29, 0.717) is 29.8 Å². The first-order chi connectivity index (χ1) is 20.8. The van der Waals surface area contributed by atoms with Crippen molar-refractivity contribution in [3.63, 3.8) is 0 Å². The minimum absolute atomic E-state index is 0.177. The summed E-state index contributed by atoms with van der Waals surface area (Å²) in [5.74, 6) is 1.81. The molecule has 2 saturated heterocycles. The third-order valence-corrected chi connectivity index (χ3v) is 8.85. The van der Waals surface area contributed by atoms with Crippen LogP contribution in [0.15, 0.2) is 31.0 Å². The lowest BCUT2D eigenvalue weighted by Crippen LogP contribution is -2.56. The van der Waals surface area contributed by atoms with Crippen LogP contribution in [-0.4, -0.2) is 84.3 Å². The fourth-order valence-electron chi connectivity index (χ4n) is 5.56. The number of carbonyl (C=O) groups excluding carboxylic acids is 1. The third-order valence-electron chi connectivity index (χ3n) is 8.85. The van der Waals surface area contributed by atoms with Crippen LogP contribution in [0.25, 0.3) is 11.3 Å². The Bertz CT molecular complexity index is 1510. The van der Waals surface area contributed by atoms with Crippen LogP contribution in [0, 0.1) is 23.2 Å². The van der Waals surface area contributed by atoms with Gasteiger partial charge in [0.2, 0.25) is 5.91 Å². The molecule has 0 unspecified atom stereocenters. The van der Waals surface area contributed by atoms with Crippen LogP contribution >= 0.6 is 0 Å². The Labute approximate surface area is 260 Å². The monoisotopic (exact) mass is 601 g/mol. The number of aromatic nitrogens is 6. The van der Waals surface area contributed by atoms with Crippen LogP contribution in [0.4, 0.5) is 5.82 Å². The number of hydrogen-bond donors (Lipinski definition) is 0. The van der Waals surface area contributed by atoms with Gasteiger partial charge in [-0.05, 0) is 52.9 Å². The van der Waals surface area contributed by atoms with Crippen LogP contribution in [0.5, 0.6) is 0 Å². The summed E-state index contributed by atoms with van der Waals surface area (Å²) in [5, 5.41) is 17.7. The molecule has 3 fully saturated rings. The van der Waals surface area contributed by atoms with E-state index in [2.05, 4.69) is 44.9 Å². The summed E-state index contributed by atoms with van der Waals surface area (Å²) in [4.78, 5) is 26.2. The maximum Gasteiger partial charge on any atom is 0.498 e. The van der Waals surface area contributed by atoms with Crippen molar-refractivity contribution in [3.8, 4) is 17.3 Å².